The number of rotatable bonds is 7. The smallest absolute Gasteiger partial charge is 0.269 e. The van der Waals surface area contributed by atoms with Gasteiger partial charge in [0, 0.05) is 29.8 Å². The summed E-state index contributed by atoms with van der Waals surface area (Å²) in [5.74, 6) is -0.173. The highest BCUT2D eigenvalue weighted by atomic mass is 16.6. The predicted octanol–water partition coefficient (Wildman–Crippen LogP) is 6.43. The van der Waals surface area contributed by atoms with Crippen LogP contribution in [-0.2, 0) is 11.2 Å². The first kappa shape index (κ1) is 24.0. The number of aliphatic imine (C=N–C) groups is 1. The summed E-state index contributed by atoms with van der Waals surface area (Å²) in [4.78, 5) is 36.9. The van der Waals surface area contributed by atoms with Gasteiger partial charge in [0.25, 0.3) is 5.69 Å². The third kappa shape index (κ3) is 4.95. The number of imidazole rings is 1. The van der Waals surface area contributed by atoms with E-state index in [0.717, 1.165) is 22.6 Å². The average Bonchev–Trinajstić information content (AvgIpc) is 3.56. The molecule has 0 aliphatic carbocycles. The van der Waals surface area contributed by atoms with Gasteiger partial charge in [-0.25, -0.2) is 4.98 Å². The largest absolute Gasteiger partial charge is 0.342 e. The average molecular weight is 514 g/mol. The van der Waals surface area contributed by atoms with E-state index in [9.17, 15) is 14.9 Å². The first-order chi connectivity index (χ1) is 19.0. The summed E-state index contributed by atoms with van der Waals surface area (Å²) < 4.78 is 0. The van der Waals surface area contributed by atoms with Crippen molar-refractivity contribution in [2.75, 3.05) is 5.32 Å². The van der Waals surface area contributed by atoms with Crippen molar-refractivity contribution in [3.63, 3.8) is 0 Å². The van der Waals surface area contributed by atoms with Crippen LogP contribution in [0.1, 0.15) is 28.4 Å². The Kier molecular flexibility index (Phi) is 6.26. The summed E-state index contributed by atoms with van der Waals surface area (Å²) >= 11 is 0. The molecule has 2 N–H and O–H groups in total. The maximum Gasteiger partial charge on any atom is 0.269 e. The number of carbonyl (C=O) groups excluding carboxylic acids is 1. The summed E-state index contributed by atoms with van der Waals surface area (Å²) in [5.41, 5.74) is 6.01. The van der Waals surface area contributed by atoms with Crippen molar-refractivity contribution in [2.45, 2.75) is 12.3 Å². The van der Waals surface area contributed by atoms with Crippen LogP contribution in [0.3, 0.4) is 0 Å². The number of amides is 1. The minimum Gasteiger partial charge on any atom is -0.342 e. The molecule has 0 saturated carbocycles. The van der Waals surface area contributed by atoms with Crippen molar-refractivity contribution >= 4 is 28.7 Å². The number of nitro groups is 1. The zero-order valence-electron chi connectivity index (χ0n) is 20.7. The number of carbonyl (C=O) groups is 1. The fraction of sp³-hybridized carbons (Fsp3) is 0.0645. The van der Waals surface area contributed by atoms with Gasteiger partial charge in [-0.3, -0.25) is 19.9 Å². The van der Waals surface area contributed by atoms with Crippen molar-refractivity contribution < 1.29 is 9.72 Å². The van der Waals surface area contributed by atoms with Crippen molar-refractivity contribution in [3.05, 3.63) is 142 Å². The van der Waals surface area contributed by atoms with Crippen LogP contribution in [0.25, 0.3) is 11.3 Å². The lowest BCUT2D eigenvalue weighted by Crippen LogP contribution is -2.22. The van der Waals surface area contributed by atoms with E-state index >= 15 is 0 Å². The van der Waals surface area contributed by atoms with Gasteiger partial charge in [0.15, 0.2) is 0 Å². The number of nitrogens with zero attached hydrogens (tertiary/aromatic N) is 3. The molecule has 8 heteroatoms. The first-order valence-corrected chi connectivity index (χ1v) is 12.5. The van der Waals surface area contributed by atoms with Gasteiger partial charge < -0.3 is 10.3 Å². The number of benzene rings is 4. The zero-order valence-corrected chi connectivity index (χ0v) is 20.7. The normalized spacial score (nSPS) is 14.6. The van der Waals surface area contributed by atoms with Crippen LogP contribution in [0.15, 0.2) is 114 Å². The van der Waals surface area contributed by atoms with E-state index in [-0.39, 0.29) is 11.6 Å². The van der Waals surface area contributed by atoms with Crippen molar-refractivity contribution in [1.29, 1.82) is 0 Å². The number of fused-ring (bicyclic) bond motifs is 1. The zero-order chi connectivity index (χ0) is 26.8. The van der Waals surface area contributed by atoms with Crippen molar-refractivity contribution in [2.24, 2.45) is 4.99 Å². The number of aromatic amines is 1. The molecule has 1 aliphatic heterocycles. The van der Waals surface area contributed by atoms with Gasteiger partial charge in [0.2, 0.25) is 5.91 Å². The van der Waals surface area contributed by atoms with Crippen LogP contribution < -0.4 is 5.32 Å². The molecule has 0 saturated heterocycles. The Hall–Kier alpha value is -5.37. The fourth-order valence-electron chi connectivity index (χ4n) is 4.78. The third-order valence-corrected chi connectivity index (χ3v) is 6.69. The second kappa shape index (κ2) is 10.2. The number of H-pyrrole nitrogens is 1. The molecule has 2 heterocycles. The van der Waals surface area contributed by atoms with Crippen LogP contribution in [-0.4, -0.2) is 26.5 Å². The summed E-state index contributed by atoms with van der Waals surface area (Å²) in [6.45, 7) is 0. The Labute approximate surface area is 224 Å². The van der Waals surface area contributed by atoms with E-state index in [1.165, 1.54) is 17.7 Å². The predicted molar refractivity (Wildman–Crippen MR) is 150 cm³/mol. The van der Waals surface area contributed by atoms with Gasteiger partial charge in [0.05, 0.1) is 28.2 Å². The van der Waals surface area contributed by atoms with E-state index in [0.29, 0.717) is 29.1 Å². The second-order valence-corrected chi connectivity index (χ2v) is 9.27. The molecule has 1 atom stereocenters. The molecule has 0 bridgehead atoms. The molecule has 39 heavy (non-hydrogen) atoms. The molecule has 0 fully saturated rings. The van der Waals surface area contributed by atoms with E-state index in [2.05, 4.69) is 27.4 Å². The van der Waals surface area contributed by atoms with Gasteiger partial charge in [-0.05, 0) is 34.9 Å². The number of anilines is 1. The minimum atomic E-state index is -0.782. The van der Waals surface area contributed by atoms with E-state index < -0.39 is 10.8 Å². The van der Waals surface area contributed by atoms with Crippen molar-refractivity contribution in [1.82, 2.24) is 9.97 Å². The van der Waals surface area contributed by atoms with Crippen LogP contribution in [0.4, 0.5) is 17.1 Å². The first-order valence-electron chi connectivity index (χ1n) is 12.5. The van der Waals surface area contributed by atoms with Gasteiger partial charge in [-0.1, -0.05) is 72.8 Å². The lowest BCUT2D eigenvalue weighted by molar-refractivity contribution is -0.384. The van der Waals surface area contributed by atoms with E-state index in [4.69, 9.17) is 4.99 Å². The Balaban J connectivity index is 1.33. The highest BCUT2D eigenvalue weighted by Crippen LogP contribution is 2.38. The molecule has 6 rings (SSSR count). The molecular weight excluding hydrogens is 490 g/mol. The number of aromatic nitrogens is 2. The highest BCUT2D eigenvalue weighted by Gasteiger charge is 2.36. The minimum absolute atomic E-state index is 0.0711. The van der Waals surface area contributed by atoms with Gasteiger partial charge in [-0.15, -0.1) is 0 Å². The molecule has 0 spiro atoms. The van der Waals surface area contributed by atoms with Crippen LogP contribution in [0.2, 0.25) is 0 Å². The topological polar surface area (TPSA) is 113 Å². The Morgan fingerprint density at radius 3 is 2.36 bits per heavy atom. The number of nitrogens with one attached hydrogen (secondary N) is 2. The summed E-state index contributed by atoms with van der Waals surface area (Å²) in [6.07, 6.45) is 2.53. The Morgan fingerprint density at radius 1 is 0.923 bits per heavy atom. The lowest BCUT2D eigenvalue weighted by Gasteiger charge is -2.14. The molecule has 1 aromatic heterocycles. The molecule has 5 aromatic rings. The Bertz CT molecular complexity index is 1690. The monoisotopic (exact) mass is 513 g/mol. The maximum atomic E-state index is 13.1. The number of nitro benzene ring substituents is 1. The third-order valence-electron chi connectivity index (χ3n) is 6.69. The maximum absolute atomic E-state index is 13.1. The quantitative estimate of drug-likeness (QED) is 0.148. The summed E-state index contributed by atoms with van der Waals surface area (Å²) in [7, 11) is 0. The van der Waals surface area contributed by atoms with E-state index in [1.54, 1.807) is 6.07 Å². The molecule has 190 valence electrons. The van der Waals surface area contributed by atoms with Gasteiger partial charge in [0.1, 0.15) is 11.7 Å². The number of non-ortho nitro benzene ring substituents is 1. The van der Waals surface area contributed by atoms with Gasteiger partial charge >= 0.3 is 0 Å². The van der Waals surface area contributed by atoms with Crippen LogP contribution in [0, 0.1) is 10.1 Å². The van der Waals surface area contributed by atoms with Crippen LogP contribution >= 0.6 is 0 Å². The second-order valence-electron chi connectivity index (χ2n) is 9.27. The SMILES string of the molecule is O=C1Nc2ccc([N+](=O)[O-])cc2C1C(=Nc1ccc(-c2cnc(Cc3ccccc3)[nH]2)cc1)c1ccccc1. The highest BCUT2D eigenvalue weighted by molar-refractivity contribution is 6.24. The fourth-order valence-corrected chi connectivity index (χ4v) is 4.78. The molecule has 1 amide bonds. The van der Waals surface area contributed by atoms with Gasteiger partial charge in [-0.2, -0.15) is 0 Å². The van der Waals surface area contributed by atoms with E-state index in [1.807, 2.05) is 79.0 Å². The Morgan fingerprint density at radius 2 is 1.64 bits per heavy atom. The van der Waals surface area contributed by atoms with Crippen LogP contribution in [0.5, 0.6) is 0 Å². The van der Waals surface area contributed by atoms with Crippen molar-refractivity contribution in [3.8, 4) is 11.3 Å². The summed E-state index contributed by atoms with van der Waals surface area (Å²) in [6, 6.07) is 31.6. The number of hydrogen-bond donors (Lipinski definition) is 2. The molecule has 1 unspecified atom stereocenters. The molecule has 4 aromatic carbocycles. The molecule has 8 nitrogen and oxygen atoms in total. The molecular formula is C31H23N5O3. The number of hydrogen-bond acceptors (Lipinski definition) is 5. The molecule has 0 radical (unpaired) electrons. The summed E-state index contributed by atoms with van der Waals surface area (Å²) in [5, 5.41) is 14.3. The standard InChI is InChI=1S/C31H23N5O3/c37-31-29(25-18-24(36(38)39)15-16-26(25)35-31)30(22-9-5-2-6-10-22)33-23-13-11-21(12-14-23)27-19-32-28(34-27)17-20-7-3-1-4-8-20/h1-16,18-19,29H,17H2,(H,32,34)(H,35,37). The lowest BCUT2D eigenvalue weighted by atomic mass is 9.90. The molecule has 1 aliphatic rings.